The summed E-state index contributed by atoms with van der Waals surface area (Å²) in [5, 5.41) is 3.71. The first-order valence-corrected chi connectivity index (χ1v) is 8.28. The normalized spacial score (nSPS) is 14.3. The molecule has 2 heterocycles. The standard InChI is InChI=1S/C17H18ClN5O2/c1-12-2-3-14(18)8-15(12)21-17-19-9-13(10-20-17)16(25)23-6-4-22(11-24)5-7-23/h2-3,8-11H,4-7H2,1H3,(H,19,20,21). The molecule has 0 atom stereocenters. The number of benzene rings is 1. The van der Waals surface area contributed by atoms with Gasteiger partial charge in [0, 0.05) is 49.3 Å². The van der Waals surface area contributed by atoms with E-state index in [0.717, 1.165) is 17.7 Å². The van der Waals surface area contributed by atoms with E-state index in [1.807, 2.05) is 19.1 Å². The van der Waals surface area contributed by atoms with Crippen molar-refractivity contribution in [3.8, 4) is 0 Å². The number of amides is 2. The highest BCUT2D eigenvalue weighted by atomic mass is 35.5. The van der Waals surface area contributed by atoms with Crippen LogP contribution in [0.5, 0.6) is 0 Å². The quantitative estimate of drug-likeness (QED) is 0.846. The van der Waals surface area contributed by atoms with Gasteiger partial charge in [0.15, 0.2) is 0 Å². The predicted octanol–water partition coefficient (Wildman–Crippen LogP) is 2.10. The minimum atomic E-state index is -0.129. The van der Waals surface area contributed by atoms with Crippen LogP contribution in [0.25, 0.3) is 0 Å². The highest BCUT2D eigenvalue weighted by Crippen LogP contribution is 2.22. The molecule has 1 aromatic carbocycles. The number of aromatic nitrogens is 2. The Morgan fingerprint density at radius 3 is 2.52 bits per heavy atom. The summed E-state index contributed by atoms with van der Waals surface area (Å²) in [5.41, 5.74) is 2.26. The van der Waals surface area contributed by atoms with Gasteiger partial charge in [0.1, 0.15) is 0 Å². The summed E-state index contributed by atoms with van der Waals surface area (Å²) in [4.78, 5) is 35.0. The van der Waals surface area contributed by atoms with E-state index < -0.39 is 0 Å². The lowest BCUT2D eigenvalue weighted by molar-refractivity contribution is -0.119. The largest absolute Gasteiger partial charge is 0.342 e. The van der Waals surface area contributed by atoms with Crippen LogP contribution in [-0.4, -0.2) is 58.3 Å². The zero-order chi connectivity index (χ0) is 17.8. The summed E-state index contributed by atoms with van der Waals surface area (Å²) < 4.78 is 0. The molecule has 1 aliphatic heterocycles. The number of halogens is 1. The Kier molecular flexibility index (Phi) is 5.14. The van der Waals surface area contributed by atoms with E-state index in [2.05, 4.69) is 15.3 Å². The van der Waals surface area contributed by atoms with Crippen molar-refractivity contribution < 1.29 is 9.59 Å². The van der Waals surface area contributed by atoms with Crippen LogP contribution in [0.4, 0.5) is 11.6 Å². The molecule has 1 saturated heterocycles. The molecule has 0 aliphatic carbocycles. The van der Waals surface area contributed by atoms with Gasteiger partial charge in [-0.2, -0.15) is 0 Å². The van der Waals surface area contributed by atoms with Gasteiger partial charge in [0.25, 0.3) is 5.91 Å². The fourth-order valence-electron chi connectivity index (χ4n) is 2.57. The number of anilines is 2. The zero-order valence-corrected chi connectivity index (χ0v) is 14.5. The Bertz CT molecular complexity index is 773. The maximum absolute atomic E-state index is 12.5. The van der Waals surface area contributed by atoms with Gasteiger partial charge in [-0.05, 0) is 24.6 Å². The highest BCUT2D eigenvalue weighted by molar-refractivity contribution is 6.30. The van der Waals surface area contributed by atoms with Gasteiger partial charge >= 0.3 is 0 Å². The van der Waals surface area contributed by atoms with Crippen molar-refractivity contribution in [1.29, 1.82) is 0 Å². The van der Waals surface area contributed by atoms with E-state index in [9.17, 15) is 9.59 Å². The first-order valence-electron chi connectivity index (χ1n) is 7.90. The van der Waals surface area contributed by atoms with Gasteiger partial charge in [0.2, 0.25) is 12.4 Å². The van der Waals surface area contributed by atoms with Crippen molar-refractivity contribution in [2.45, 2.75) is 6.92 Å². The maximum atomic E-state index is 12.5. The van der Waals surface area contributed by atoms with Crippen LogP contribution in [0, 0.1) is 6.92 Å². The van der Waals surface area contributed by atoms with Gasteiger partial charge in [-0.1, -0.05) is 17.7 Å². The van der Waals surface area contributed by atoms with Gasteiger partial charge in [-0.3, -0.25) is 9.59 Å². The highest BCUT2D eigenvalue weighted by Gasteiger charge is 2.21. The van der Waals surface area contributed by atoms with Crippen molar-refractivity contribution >= 4 is 35.6 Å². The SMILES string of the molecule is Cc1ccc(Cl)cc1Nc1ncc(C(=O)N2CCN(C=O)CC2)cn1. The van der Waals surface area contributed by atoms with Crippen molar-refractivity contribution in [3.05, 3.63) is 46.7 Å². The topological polar surface area (TPSA) is 78.4 Å². The molecule has 8 heteroatoms. The molecule has 1 aliphatic rings. The summed E-state index contributed by atoms with van der Waals surface area (Å²) >= 11 is 6.00. The first kappa shape index (κ1) is 17.2. The van der Waals surface area contributed by atoms with Crippen molar-refractivity contribution in [2.75, 3.05) is 31.5 Å². The van der Waals surface area contributed by atoms with Crippen molar-refractivity contribution in [1.82, 2.24) is 19.8 Å². The molecule has 1 aromatic heterocycles. The van der Waals surface area contributed by atoms with Crippen LogP contribution in [0.2, 0.25) is 5.02 Å². The van der Waals surface area contributed by atoms with E-state index >= 15 is 0 Å². The molecule has 2 amide bonds. The summed E-state index contributed by atoms with van der Waals surface area (Å²) in [7, 11) is 0. The minimum absolute atomic E-state index is 0.129. The Hall–Kier alpha value is -2.67. The van der Waals surface area contributed by atoms with Crippen LogP contribution in [-0.2, 0) is 4.79 Å². The number of carbonyl (C=O) groups is 2. The van der Waals surface area contributed by atoms with Crippen LogP contribution in [0.1, 0.15) is 15.9 Å². The lowest BCUT2D eigenvalue weighted by Crippen LogP contribution is -2.48. The second kappa shape index (κ2) is 7.48. The van der Waals surface area contributed by atoms with Gasteiger partial charge < -0.3 is 15.1 Å². The predicted molar refractivity (Wildman–Crippen MR) is 95.0 cm³/mol. The number of piperazine rings is 1. The number of nitrogens with one attached hydrogen (secondary N) is 1. The smallest absolute Gasteiger partial charge is 0.257 e. The number of rotatable bonds is 4. The van der Waals surface area contributed by atoms with Crippen LogP contribution in [0.15, 0.2) is 30.6 Å². The summed E-state index contributed by atoms with van der Waals surface area (Å²) in [6.07, 6.45) is 3.82. The molecule has 130 valence electrons. The lowest BCUT2D eigenvalue weighted by atomic mass is 10.2. The Labute approximate surface area is 150 Å². The number of aryl methyl sites for hydroxylation is 1. The zero-order valence-electron chi connectivity index (χ0n) is 13.8. The lowest BCUT2D eigenvalue weighted by Gasteiger charge is -2.32. The van der Waals surface area contributed by atoms with Crippen molar-refractivity contribution in [3.63, 3.8) is 0 Å². The molecule has 25 heavy (non-hydrogen) atoms. The fourth-order valence-corrected chi connectivity index (χ4v) is 2.74. The average Bonchev–Trinajstić information content (AvgIpc) is 2.65. The summed E-state index contributed by atoms with van der Waals surface area (Å²) in [6.45, 7) is 4.07. The summed E-state index contributed by atoms with van der Waals surface area (Å²) in [5.74, 6) is 0.267. The molecule has 0 unspecified atom stereocenters. The van der Waals surface area contributed by atoms with Crippen molar-refractivity contribution in [2.24, 2.45) is 0 Å². The third kappa shape index (κ3) is 4.06. The molecular formula is C17H18ClN5O2. The third-order valence-electron chi connectivity index (χ3n) is 4.10. The van der Waals surface area contributed by atoms with E-state index in [4.69, 9.17) is 11.6 Å². The van der Waals surface area contributed by atoms with Crippen LogP contribution < -0.4 is 5.32 Å². The Morgan fingerprint density at radius 2 is 1.88 bits per heavy atom. The number of hydrogen-bond acceptors (Lipinski definition) is 5. The van der Waals surface area contributed by atoms with E-state index in [1.165, 1.54) is 12.4 Å². The maximum Gasteiger partial charge on any atom is 0.257 e. The van der Waals surface area contributed by atoms with E-state index in [0.29, 0.717) is 42.7 Å². The number of hydrogen-bond donors (Lipinski definition) is 1. The second-order valence-corrected chi connectivity index (χ2v) is 6.25. The van der Waals surface area contributed by atoms with E-state index in [1.54, 1.807) is 15.9 Å². The molecule has 1 fully saturated rings. The number of nitrogens with zero attached hydrogens (tertiary/aromatic N) is 4. The Balaban J connectivity index is 1.67. The fraction of sp³-hybridized carbons (Fsp3) is 0.294. The molecule has 0 bridgehead atoms. The second-order valence-electron chi connectivity index (χ2n) is 5.81. The Morgan fingerprint density at radius 1 is 1.20 bits per heavy atom. The molecule has 0 spiro atoms. The first-order chi connectivity index (χ1) is 12.1. The average molecular weight is 360 g/mol. The molecular weight excluding hydrogens is 342 g/mol. The third-order valence-corrected chi connectivity index (χ3v) is 4.33. The molecule has 2 aromatic rings. The molecule has 7 nitrogen and oxygen atoms in total. The summed E-state index contributed by atoms with van der Waals surface area (Å²) in [6, 6.07) is 5.52. The van der Waals surface area contributed by atoms with Gasteiger partial charge in [-0.25, -0.2) is 9.97 Å². The van der Waals surface area contributed by atoms with Gasteiger partial charge in [-0.15, -0.1) is 0 Å². The minimum Gasteiger partial charge on any atom is -0.342 e. The van der Waals surface area contributed by atoms with Crippen LogP contribution >= 0.6 is 11.6 Å². The molecule has 3 rings (SSSR count). The monoisotopic (exact) mass is 359 g/mol. The molecule has 1 N–H and O–H groups in total. The van der Waals surface area contributed by atoms with Crippen LogP contribution in [0.3, 0.4) is 0 Å². The molecule has 0 saturated carbocycles. The van der Waals surface area contributed by atoms with E-state index in [-0.39, 0.29) is 5.91 Å². The molecule has 0 radical (unpaired) electrons. The number of carbonyl (C=O) groups excluding carboxylic acids is 2. The van der Waals surface area contributed by atoms with Gasteiger partial charge in [0.05, 0.1) is 5.56 Å².